The number of rotatable bonds is 6. The summed E-state index contributed by atoms with van der Waals surface area (Å²) in [5.74, 6) is 2.74. The van der Waals surface area contributed by atoms with Gasteiger partial charge in [-0.25, -0.2) is 0 Å². The highest BCUT2D eigenvalue weighted by Gasteiger charge is 2.03. The maximum absolute atomic E-state index is 5.84. The van der Waals surface area contributed by atoms with Crippen LogP contribution in [0.25, 0.3) is 0 Å². The molecular weight excluding hydrogens is 218 g/mol. The van der Waals surface area contributed by atoms with Gasteiger partial charge in [-0.2, -0.15) is 0 Å². The molecule has 0 bridgehead atoms. The van der Waals surface area contributed by atoms with Gasteiger partial charge in [-0.15, -0.1) is 11.8 Å². The fourth-order valence-electron chi connectivity index (χ4n) is 1.28. The first-order chi connectivity index (χ1) is 7.65. The summed E-state index contributed by atoms with van der Waals surface area (Å²) >= 11 is 1.85. The number of nitrogens with two attached hydrogens (primary N) is 1. The predicted octanol–water partition coefficient (Wildman–Crippen LogP) is 3.81. The number of benzene rings is 1. The van der Waals surface area contributed by atoms with E-state index in [1.807, 2.05) is 30.8 Å². The Morgan fingerprint density at radius 3 is 2.69 bits per heavy atom. The highest BCUT2D eigenvalue weighted by Crippen LogP contribution is 2.28. The molecule has 1 aromatic rings. The first-order valence-corrected chi connectivity index (χ1v) is 6.80. The van der Waals surface area contributed by atoms with Crippen LogP contribution in [0.1, 0.15) is 27.2 Å². The molecule has 90 valence electrons. The smallest absolute Gasteiger partial charge is 0.122 e. The molecule has 0 heterocycles. The Labute approximate surface area is 103 Å². The van der Waals surface area contributed by atoms with E-state index in [4.69, 9.17) is 10.5 Å². The normalized spacial score (nSPS) is 12.4. The van der Waals surface area contributed by atoms with Crippen molar-refractivity contribution in [1.29, 1.82) is 0 Å². The standard InChI is InChI=1S/C13H21NOS/c1-4-10(3)9-16-13-7-11(14)6-12(8-13)15-5-2/h6-8,10H,4-5,9,14H2,1-3H3. The van der Waals surface area contributed by atoms with Gasteiger partial charge in [-0.05, 0) is 25.0 Å². The van der Waals surface area contributed by atoms with E-state index in [1.165, 1.54) is 11.3 Å². The zero-order chi connectivity index (χ0) is 12.0. The van der Waals surface area contributed by atoms with Crippen molar-refractivity contribution < 1.29 is 4.74 Å². The molecule has 3 heteroatoms. The molecule has 16 heavy (non-hydrogen) atoms. The largest absolute Gasteiger partial charge is 0.494 e. The van der Waals surface area contributed by atoms with E-state index in [0.717, 1.165) is 23.1 Å². The zero-order valence-electron chi connectivity index (χ0n) is 10.3. The highest BCUT2D eigenvalue weighted by atomic mass is 32.2. The number of thioether (sulfide) groups is 1. The van der Waals surface area contributed by atoms with E-state index in [1.54, 1.807) is 0 Å². The third kappa shape index (κ3) is 4.35. The minimum atomic E-state index is 0.679. The van der Waals surface area contributed by atoms with Crippen LogP contribution in [-0.2, 0) is 0 Å². The molecule has 0 fully saturated rings. The molecule has 0 amide bonds. The third-order valence-corrected chi connectivity index (χ3v) is 3.75. The Morgan fingerprint density at radius 2 is 2.06 bits per heavy atom. The van der Waals surface area contributed by atoms with E-state index < -0.39 is 0 Å². The van der Waals surface area contributed by atoms with Crippen LogP contribution in [-0.4, -0.2) is 12.4 Å². The number of hydrogen-bond donors (Lipinski definition) is 1. The van der Waals surface area contributed by atoms with E-state index in [0.29, 0.717) is 6.61 Å². The summed E-state index contributed by atoms with van der Waals surface area (Å²) in [5, 5.41) is 0. The van der Waals surface area contributed by atoms with Gasteiger partial charge in [0, 0.05) is 22.4 Å². The molecule has 0 spiro atoms. The first kappa shape index (κ1) is 13.2. The summed E-state index contributed by atoms with van der Waals surface area (Å²) in [5.41, 5.74) is 6.61. The molecule has 0 aliphatic rings. The van der Waals surface area contributed by atoms with Crippen molar-refractivity contribution in [2.24, 2.45) is 5.92 Å². The van der Waals surface area contributed by atoms with Crippen molar-refractivity contribution in [2.75, 3.05) is 18.1 Å². The molecule has 0 saturated carbocycles. The maximum atomic E-state index is 5.84. The quantitative estimate of drug-likeness (QED) is 0.605. The first-order valence-electron chi connectivity index (χ1n) is 5.81. The molecule has 0 aromatic heterocycles. The number of hydrogen-bond acceptors (Lipinski definition) is 3. The summed E-state index contributed by atoms with van der Waals surface area (Å²) in [6, 6.07) is 5.94. The highest BCUT2D eigenvalue weighted by molar-refractivity contribution is 7.99. The van der Waals surface area contributed by atoms with Crippen LogP contribution in [0.2, 0.25) is 0 Å². The molecule has 0 aliphatic carbocycles. The third-order valence-electron chi connectivity index (χ3n) is 2.44. The molecule has 2 N–H and O–H groups in total. The zero-order valence-corrected chi connectivity index (χ0v) is 11.1. The second-order valence-electron chi connectivity index (χ2n) is 4.00. The van der Waals surface area contributed by atoms with E-state index in [9.17, 15) is 0 Å². The predicted molar refractivity (Wildman–Crippen MR) is 72.2 cm³/mol. The van der Waals surface area contributed by atoms with Crippen LogP contribution in [0.5, 0.6) is 5.75 Å². The van der Waals surface area contributed by atoms with Crippen molar-refractivity contribution in [3.05, 3.63) is 18.2 Å². The van der Waals surface area contributed by atoms with Crippen molar-refractivity contribution in [1.82, 2.24) is 0 Å². The lowest BCUT2D eigenvalue weighted by Gasteiger charge is -2.10. The lowest BCUT2D eigenvalue weighted by molar-refractivity contribution is 0.339. The molecule has 0 aliphatic heterocycles. The topological polar surface area (TPSA) is 35.2 Å². The molecule has 1 unspecified atom stereocenters. The van der Waals surface area contributed by atoms with Crippen molar-refractivity contribution in [2.45, 2.75) is 32.1 Å². The van der Waals surface area contributed by atoms with Crippen LogP contribution in [0.15, 0.2) is 23.1 Å². The summed E-state index contributed by atoms with van der Waals surface area (Å²) in [4.78, 5) is 1.20. The minimum absolute atomic E-state index is 0.679. The van der Waals surface area contributed by atoms with Crippen LogP contribution in [0, 0.1) is 5.92 Å². The summed E-state index contributed by atoms with van der Waals surface area (Å²) < 4.78 is 5.47. The van der Waals surface area contributed by atoms with E-state index >= 15 is 0 Å². The average molecular weight is 239 g/mol. The molecule has 1 aromatic carbocycles. The maximum Gasteiger partial charge on any atom is 0.122 e. The van der Waals surface area contributed by atoms with Crippen LogP contribution >= 0.6 is 11.8 Å². The Balaban J connectivity index is 2.64. The Hall–Kier alpha value is -0.830. The van der Waals surface area contributed by atoms with Crippen molar-refractivity contribution in [3.8, 4) is 5.75 Å². The minimum Gasteiger partial charge on any atom is -0.494 e. The lowest BCUT2D eigenvalue weighted by Crippen LogP contribution is -1.97. The van der Waals surface area contributed by atoms with Gasteiger partial charge in [-0.3, -0.25) is 0 Å². The summed E-state index contributed by atoms with van der Waals surface area (Å²) in [6.07, 6.45) is 1.22. The van der Waals surface area contributed by atoms with E-state index in [2.05, 4.69) is 19.9 Å². The molecular formula is C13H21NOS. The Morgan fingerprint density at radius 1 is 1.31 bits per heavy atom. The van der Waals surface area contributed by atoms with Gasteiger partial charge in [0.2, 0.25) is 0 Å². The second kappa shape index (κ2) is 6.69. The summed E-state index contributed by atoms with van der Waals surface area (Å²) in [6.45, 7) is 7.15. The van der Waals surface area contributed by atoms with Gasteiger partial charge in [0.15, 0.2) is 0 Å². The van der Waals surface area contributed by atoms with Gasteiger partial charge >= 0.3 is 0 Å². The lowest BCUT2D eigenvalue weighted by atomic mass is 10.2. The molecule has 0 radical (unpaired) electrons. The van der Waals surface area contributed by atoms with Gasteiger partial charge in [0.1, 0.15) is 5.75 Å². The van der Waals surface area contributed by atoms with Gasteiger partial charge in [0.05, 0.1) is 6.61 Å². The molecule has 2 nitrogen and oxygen atoms in total. The fraction of sp³-hybridized carbons (Fsp3) is 0.538. The fourth-order valence-corrected chi connectivity index (χ4v) is 2.41. The average Bonchev–Trinajstić information content (AvgIpc) is 2.25. The Kier molecular flexibility index (Phi) is 5.53. The summed E-state index contributed by atoms with van der Waals surface area (Å²) in [7, 11) is 0. The van der Waals surface area contributed by atoms with Gasteiger partial charge < -0.3 is 10.5 Å². The molecule has 1 atom stereocenters. The Bertz CT molecular complexity index is 328. The number of anilines is 1. The van der Waals surface area contributed by atoms with Crippen LogP contribution < -0.4 is 10.5 Å². The van der Waals surface area contributed by atoms with Crippen molar-refractivity contribution in [3.63, 3.8) is 0 Å². The van der Waals surface area contributed by atoms with Gasteiger partial charge in [-0.1, -0.05) is 20.3 Å². The molecule has 0 saturated heterocycles. The van der Waals surface area contributed by atoms with Crippen LogP contribution in [0.3, 0.4) is 0 Å². The SMILES string of the molecule is CCOc1cc(N)cc(SCC(C)CC)c1. The van der Waals surface area contributed by atoms with Crippen molar-refractivity contribution >= 4 is 17.4 Å². The second-order valence-corrected chi connectivity index (χ2v) is 5.09. The van der Waals surface area contributed by atoms with Crippen LogP contribution in [0.4, 0.5) is 5.69 Å². The number of nitrogen functional groups attached to an aromatic ring is 1. The molecule has 1 rings (SSSR count). The number of ether oxygens (including phenoxy) is 1. The monoisotopic (exact) mass is 239 g/mol. The van der Waals surface area contributed by atoms with E-state index in [-0.39, 0.29) is 0 Å². The van der Waals surface area contributed by atoms with Gasteiger partial charge in [0.25, 0.3) is 0 Å².